The number of benzene rings is 1. The molecule has 62 valence electrons. The van der Waals surface area contributed by atoms with E-state index in [0.29, 0.717) is 10.7 Å². The molecular weight excluding hydrogens is 325 g/mol. The molecule has 0 heterocycles. The van der Waals surface area contributed by atoms with Crippen molar-refractivity contribution in [3.63, 3.8) is 0 Å². The number of hydrogen-bond donors (Lipinski definition) is 0. The Morgan fingerprint density at radius 2 is 1.83 bits per heavy atom. The lowest BCUT2D eigenvalue weighted by Crippen LogP contribution is -1.72. The normalized spacial score (nSPS) is 9.25. The van der Waals surface area contributed by atoms with E-state index in [0.717, 1.165) is 8.95 Å². The topological polar surface area (TPSA) is 12.4 Å². The van der Waals surface area contributed by atoms with Crippen LogP contribution in [0.1, 0.15) is 0 Å². The molecule has 0 N–H and O–H groups in total. The van der Waals surface area contributed by atoms with Gasteiger partial charge in [-0.15, -0.1) is 0 Å². The molecule has 0 saturated carbocycles. The second kappa shape index (κ2) is 4.49. The van der Waals surface area contributed by atoms with Gasteiger partial charge in [-0.3, -0.25) is 0 Å². The first-order chi connectivity index (χ1) is 5.65. The first-order valence-electron chi connectivity index (χ1n) is 2.87. The van der Waals surface area contributed by atoms with E-state index in [4.69, 9.17) is 11.6 Å². The minimum Gasteiger partial charge on any atom is -0.192 e. The van der Waals surface area contributed by atoms with Gasteiger partial charge >= 0.3 is 0 Å². The summed E-state index contributed by atoms with van der Waals surface area (Å²) in [6, 6.07) is 3.50. The summed E-state index contributed by atoms with van der Waals surface area (Å²) in [5.41, 5.74) is 0.703. The largest absolute Gasteiger partial charge is 0.192 e. The highest BCUT2D eigenvalue weighted by atomic mass is 79.9. The first-order valence-corrected chi connectivity index (χ1v) is 5.25. The number of halogens is 3. The summed E-state index contributed by atoms with van der Waals surface area (Å²) < 4.78 is 1.58. The lowest BCUT2D eigenvalue weighted by molar-refractivity contribution is 1.48. The fraction of sp³-hybridized carbons (Fsp3) is 0. The van der Waals surface area contributed by atoms with Gasteiger partial charge in [0.05, 0.1) is 5.16 Å². The fourth-order valence-electron chi connectivity index (χ4n) is 0.687. The quantitative estimate of drug-likeness (QED) is 0.542. The monoisotopic (exact) mass is 325 g/mol. The van der Waals surface area contributed by atoms with Crippen molar-refractivity contribution in [2.75, 3.05) is 0 Å². The van der Waals surface area contributed by atoms with Gasteiger partial charge in [0.2, 0.25) is 0 Å². The Bertz CT molecular complexity index is 337. The van der Waals surface area contributed by atoms with Crippen LogP contribution in [0.4, 0.5) is 5.69 Å². The Balaban J connectivity index is 3.37. The molecule has 0 bridgehead atoms. The summed E-state index contributed by atoms with van der Waals surface area (Å²) in [7, 11) is 0. The first kappa shape index (κ1) is 10.4. The summed E-state index contributed by atoms with van der Waals surface area (Å²) >= 11 is 16.9. The third-order valence-corrected chi connectivity index (χ3v) is 2.66. The zero-order chi connectivity index (χ0) is 9.14. The van der Waals surface area contributed by atoms with Crippen LogP contribution in [0.25, 0.3) is 0 Å². The number of aliphatic imine (C=N–C) groups is 1. The highest BCUT2D eigenvalue weighted by molar-refractivity contribution is 9.11. The minimum absolute atomic E-state index is 0.636. The van der Waals surface area contributed by atoms with Gasteiger partial charge in [-0.25, -0.2) is 0 Å². The summed E-state index contributed by atoms with van der Waals surface area (Å²) in [5, 5.41) is 2.93. The van der Waals surface area contributed by atoms with Crippen LogP contribution in [-0.4, -0.2) is 5.16 Å². The van der Waals surface area contributed by atoms with Crippen LogP contribution in [0.3, 0.4) is 0 Å². The average Bonchev–Trinajstić information content (AvgIpc) is 1.96. The van der Waals surface area contributed by atoms with Crippen molar-refractivity contribution in [2.45, 2.75) is 0 Å². The molecule has 12 heavy (non-hydrogen) atoms. The molecule has 0 aromatic heterocycles. The highest BCUT2D eigenvalue weighted by Gasteiger charge is 2.04. The third-order valence-electron chi connectivity index (χ3n) is 1.14. The van der Waals surface area contributed by atoms with Gasteiger partial charge in [0.25, 0.3) is 0 Å². The van der Waals surface area contributed by atoms with E-state index in [1.54, 1.807) is 12.1 Å². The van der Waals surface area contributed by atoms with Crippen LogP contribution >= 0.6 is 55.7 Å². The Morgan fingerprint density at radius 3 is 2.25 bits per heavy atom. The second-order valence-corrected chi connectivity index (χ2v) is 4.25. The van der Waals surface area contributed by atoms with E-state index in [1.807, 2.05) is 0 Å². The number of isothiocyanates is 1. The minimum atomic E-state index is 0.636. The van der Waals surface area contributed by atoms with Crippen molar-refractivity contribution in [3.8, 4) is 0 Å². The lowest BCUT2D eigenvalue weighted by atomic mass is 10.3. The molecule has 1 rings (SSSR count). The van der Waals surface area contributed by atoms with E-state index < -0.39 is 0 Å². The molecule has 0 fully saturated rings. The van der Waals surface area contributed by atoms with Gasteiger partial charge in [-0.2, -0.15) is 4.99 Å². The molecule has 1 nitrogen and oxygen atoms in total. The van der Waals surface area contributed by atoms with E-state index >= 15 is 0 Å². The number of hydrogen-bond acceptors (Lipinski definition) is 2. The van der Waals surface area contributed by atoms with Gasteiger partial charge in [-0.1, -0.05) is 11.6 Å². The predicted octanol–water partition coefficient (Wildman–Crippen LogP) is 4.60. The van der Waals surface area contributed by atoms with Gasteiger partial charge in [0.15, 0.2) is 0 Å². The molecule has 0 aliphatic heterocycles. The summed E-state index contributed by atoms with van der Waals surface area (Å²) in [6.45, 7) is 0. The predicted molar refractivity (Wildman–Crippen MR) is 61.5 cm³/mol. The van der Waals surface area contributed by atoms with E-state index in [-0.39, 0.29) is 0 Å². The van der Waals surface area contributed by atoms with E-state index in [9.17, 15) is 0 Å². The highest BCUT2D eigenvalue weighted by Crippen LogP contribution is 2.35. The van der Waals surface area contributed by atoms with Crippen molar-refractivity contribution in [2.24, 2.45) is 4.99 Å². The molecule has 0 atom stereocenters. The summed E-state index contributed by atoms with van der Waals surface area (Å²) in [4.78, 5) is 3.86. The number of nitrogens with zero attached hydrogens (tertiary/aromatic N) is 1. The standard InChI is InChI=1S/C7H2Br2ClNS/c8-5-1-4(10)2-6(9)7(5)11-3-12/h1-2H. The van der Waals surface area contributed by atoms with Crippen molar-refractivity contribution in [3.05, 3.63) is 26.1 Å². The fourth-order valence-corrected chi connectivity index (χ4v) is 2.62. The Hall–Kier alpha value is 0.270. The Labute approximate surface area is 97.1 Å². The zero-order valence-corrected chi connectivity index (χ0v) is 10.4. The van der Waals surface area contributed by atoms with Gasteiger partial charge in [0, 0.05) is 14.0 Å². The van der Waals surface area contributed by atoms with Crippen LogP contribution < -0.4 is 0 Å². The van der Waals surface area contributed by atoms with Crippen LogP contribution in [0.5, 0.6) is 0 Å². The summed E-state index contributed by atoms with van der Waals surface area (Å²) in [6.07, 6.45) is 0. The van der Waals surface area contributed by atoms with Crippen molar-refractivity contribution >= 4 is 66.5 Å². The molecular formula is C7H2Br2ClNS. The van der Waals surface area contributed by atoms with Crippen molar-refractivity contribution in [1.29, 1.82) is 0 Å². The molecule has 1 aromatic rings. The average molecular weight is 327 g/mol. The molecule has 0 aliphatic rings. The van der Waals surface area contributed by atoms with Gasteiger partial charge < -0.3 is 0 Å². The Morgan fingerprint density at radius 1 is 1.33 bits per heavy atom. The molecule has 0 unspecified atom stereocenters. The molecule has 0 saturated heterocycles. The van der Waals surface area contributed by atoms with Crippen LogP contribution in [-0.2, 0) is 0 Å². The maximum atomic E-state index is 5.77. The molecule has 0 aliphatic carbocycles. The van der Waals surface area contributed by atoms with Gasteiger partial charge in [-0.05, 0) is 56.2 Å². The summed E-state index contributed by atoms with van der Waals surface area (Å²) in [5.74, 6) is 0. The van der Waals surface area contributed by atoms with Crippen LogP contribution in [0, 0.1) is 0 Å². The molecule has 0 radical (unpaired) electrons. The lowest BCUT2D eigenvalue weighted by Gasteiger charge is -2.00. The van der Waals surface area contributed by atoms with E-state index in [2.05, 4.69) is 54.2 Å². The Kier molecular flexibility index (Phi) is 3.87. The third kappa shape index (κ3) is 2.38. The molecule has 5 heteroatoms. The van der Waals surface area contributed by atoms with Crippen LogP contribution in [0.2, 0.25) is 5.02 Å². The van der Waals surface area contributed by atoms with Gasteiger partial charge in [0.1, 0.15) is 5.69 Å². The molecule has 1 aromatic carbocycles. The van der Waals surface area contributed by atoms with Crippen molar-refractivity contribution in [1.82, 2.24) is 0 Å². The molecule has 0 amide bonds. The number of thiocarbonyl (C=S) groups is 1. The second-order valence-electron chi connectivity index (χ2n) is 1.92. The smallest absolute Gasteiger partial charge is 0.102 e. The number of rotatable bonds is 1. The molecule has 0 spiro atoms. The maximum absolute atomic E-state index is 5.77. The zero-order valence-electron chi connectivity index (χ0n) is 5.64. The SMILES string of the molecule is S=C=Nc1c(Br)cc(Cl)cc1Br. The maximum Gasteiger partial charge on any atom is 0.102 e. The van der Waals surface area contributed by atoms with Crippen molar-refractivity contribution < 1.29 is 0 Å². The van der Waals surface area contributed by atoms with E-state index in [1.165, 1.54) is 0 Å². The van der Waals surface area contributed by atoms with Crippen LogP contribution in [0.15, 0.2) is 26.1 Å².